The summed E-state index contributed by atoms with van der Waals surface area (Å²) in [6.07, 6.45) is 2.76. The van der Waals surface area contributed by atoms with Gasteiger partial charge in [0.15, 0.2) is 0 Å². The van der Waals surface area contributed by atoms with Crippen LogP contribution in [-0.4, -0.2) is 26.9 Å². The van der Waals surface area contributed by atoms with Gasteiger partial charge in [-0.05, 0) is 55.8 Å². The van der Waals surface area contributed by atoms with Crippen molar-refractivity contribution in [3.8, 4) is 5.69 Å². The lowest BCUT2D eigenvalue weighted by molar-refractivity contribution is 0.0677. The second-order valence-electron chi connectivity index (χ2n) is 8.59. The van der Waals surface area contributed by atoms with E-state index in [2.05, 4.69) is 6.92 Å². The summed E-state index contributed by atoms with van der Waals surface area (Å²) in [4.78, 5) is 34.1. The molecule has 3 aromatic carbocycles. The topological polar surface area (TPSA) is 55.2 Å². The van der Waals surface area contributed by atoms with Crippen LogP contribution in [-0.2, 0) is 0 Å². The van der Waals surface area contributed by atoms with E-state index in [4.69, 9.17) is 39.8 Å². The van der Waals surface area contributed by atoms with Crippen LogP contribution in [0.4, 0.5) is 0 Å². The molecule has 4 aromatic rings. The first-order valence-electron chi connectivity index (χ1n) is 11.9. The predicted octanol–water partition coefficient (Wildman–Crippen LogP) is 7.74. The number of aromatic nitrogens is 2. The van der Waals surface area contributed by atoms with E-state index in [-0.39, 0.29) is 11.5 Å². The van der Waals surface area contributed by atoms with Crippen LogP contribution in [0.1, 0.15) is 55.3 Å². The summed E-state index contributed by atoms with van der Waals surface area (Å²) < 4.78 is 1.52. The first-order chi connectivity index (χ1) is 17.3. The molecule has 0 aliphatic heterocycles. The Morgan fingerprint density at radius 3 is 2.39 bits per heavy atom. The van der Waals surface area contributed by atoms with Gasteiger partial charge in [0, 0.05) is 12.1 Å². The molecule has 0 saturated carbocycles. The third-order valence-corrected chi connectivity index (χ3v) is 7.22. The number of para-hydroxylation sites is 2. The molecule has 186 valence electrons. The van der Waals surface area contributed by atoms with Gasteiger partial charge in [0.05, 0.1) is 37.7 Å². The van der Waals surface area contributed by atoms with Crippen LogP contribution >= 0.6 is 34.8 Å². The SMILES string of the molecule is CCCCCN(C(=O)c1ccc(Cl)c(Cl)c1)C(C)c1nc2ccccc2c(=O)n1-c1ccccc1Cl. The summed E-state index contributed by atoms with van der Waals surface area (Å²) in [5.74, 6) is 0.210. The van der Waals surface area contributed by atoms with E-state index in [1.54, 1.807) is 59.5 Å². The van der Waals surface area contributed by atoms with E-state index in [1.165, 1.54) is 4.57 Å². The molecule has 0 aliphatic rings. The minimum absolute atomic E-state index is 0.217. The number of benzene rings is 3. The standard InChI is InChI=1S/C28H26Cl3N3O2/c1-3-4-9-16-33(27(35)19-14-15-21(29)23(31)17-19)18(2)26-32-24-12-7-5-10-20(24)28(36)34(26)25-13-8-6-11-22(25)30/h5-8,10-15,17-18H,3-4,9,16H2,1-2H3. The molecule has 1 aromatic heterocycles. The number of carbonyl (C=O) groups excluding carboxylic acids is 1. The Morgan fingerprint density at radius 1 is 0.944 bits per heavy atom. The van der Waals surface area contributed by atoms with Crippen molar-refractivity contribution in [1.82, 2.24) is 14.5 Å². The summed E-state index contributed by atoms with van der Waals surface area (Å²) in [6, 6.07) is 18.6. The van der Waals surface area contributed by atoms with Crippen LogP contribution in [0.2, 0.25) is 15.1 Å². The second kappa shape index (κ2) is 11.5. The molecule has 1 amide bonds. The average Bonchev–Trinajstić information content (AvgIpc) is 2.88. The number of hydrogen-bond acceptors (Lipinski definition) is 3. The molecule has 1 atom stereocenters. The molecule has 0 fully saturated rings. The van der Waals surface area contributed by atoms with Crippen LogP contribution in [0.25, 0.3) is 16.6 Å². The third kappa shape index (κ3) is 5.29. The molecule has 4 rings (SSSR count). The Balaban J connectivity index is 1.90. The Kier molecular flexibility index (Phi) is 8.35. The Morgan fingerprint density at radius 2 is 1.67 bits per heavy atom. The van der Waals surface area contributed by atoms with E-state index < -0.39 is 6.04 Å². The molecule has 8 heteroatoms. The van der Waals surface area contributed by atoms with Gasteiger partial charge in [0.2, 0.25) is 0 Å². The van der Waals surface area contributed by atoms with Gasteiger partial charge in [-0.15, -0.1) is 0 Å². The lowest BCUT2D eigenvalue weighted by atomic mass is 10.1. The van der Waals surface area contributed by atoms with Crippen molar-refractivity contribution in [2.75, 3.05) is 6.54 Å². The number of amides is 1. The number of rotatable bonds is 8. The molecular formula is C28H26Cl3N3O2. The smallest absolute Gasteiger partial charge is 0.266 e. The summed E-state index contributed by atoms with van der Waals surface area (Å²) in [5.41, 5.74) is 1.24. The summed E-state index contributed by atoms with van der Waals surface area (Å²) in [7, 11) is 0. The maximum Gasteiger partial charge on any atom is 0.266 e. The highest BCUT2D eigenvalue weighted by Gasteiger charge is 2.28. The molecule has 0 saturated heterocycles. The minimum Gasteiger partial charge on any atom is -0.329 e. The number of halogens is 3. The molecule has 1 heterocycles. The molecule has 0 N–H and O–H groups in total. The first-order valence-corrected chi connectivity index (χ1v) is 13.0. The van der Waals surface area contributed by atoms with Gasteiger partial charge in [0.1, 0.15) is 5.82 Å². The maximum absolute atomic E-state index is 13.8. The monoisotopic (exact) mass is 541 g/mol. The van der Waals surface area contributed by atoms with E-state index in [1.807, 2.05) is 19.1 Å². The fourth-order valence-corrected chi connectivity index (χ4v) is 4.75. The Hall–Kier alpha value is -2.86. The lowest BCUT2D eigenvalue weighted by Gasteiger charge is -2.31. The Bertz CT molecular complexity index is 1470. The third-order valence-electron chi connectivity index (χ3n) is 6.17. The van der Waals surface area contributed by atoms with Gasteiger partial charge in [0.25, 0.3) is 11.5 Å². The normalized spacial score (nSPS) is 12.0. The number of carbonyl (C=O) groups is 1. The molecule has 0 aliphatic carbocycles. The molecule has 0 bridgehead atoms. The van der Waals surface area contributed by atoms with Crippen LogP contribution < -0.4 is 5.56 Å². The van der Waals surface area contributed by atoms with Crippen molar-refractivity contribution in [3.05, 3.63) is 104 Å². The summed E-state index contributed by atoms with van der Waals surface area (Å²) >= 11 is 18.8. The quantitative estimate of drug-likeness (QED) is 0.214. The van der Waals surface area contributed by atoms with Gasteiger partial charge in [-0.25, -0.2) is 4.98 Å². The van der Waals surface area contributed by atoms with Gasteiger partial charge >= 0.3 is 0 Å². The van der Waals surface area contributed by atoms with Crippen LogP contribution in [0.15, 0.2) is 71.5 Å². The molecule has 5 nitrogen and oxygen atoms in total. The number of fused-ring (bicyclic) bond motifs is 1. The van der Waals surface area contributed by atoms with Crippen molar-refractivity contribution in [2.45, 2.75) is 39.2 Å². The van der Waals surface area contributed by atoms with Gasteiger partial charge < -0.3 is 4.90 Å². The summed E-state index contributed by atoms with van der Waals surface area (Å²) in [5, 5.41) is 1.57. The lowest BCUT2D eigenvalue weighted by Crippen LogP contribution is -2.38. The zero-order valence-electron chi connectivity index (χ0n) is 20.0. The van der Waals surface area contributed by atoms with E-state index >= 15 is 0 Å². The average molecular weight is 543 g/mol. The fourth-order valence-electron chi connectivity index (χ4n) is 4.23. The highest BCUT2D eigenvalue weighted by molar-refractivity contribution is 6.42. The fraction of sp³-hybridized carbons (Fsp3) is 0.250. The first kappa shape index (κ1) is 26.2. The zero-order valence-corrected chi connectivity index (χ0v) is 22.3. The Labute approximate surface area is 225 Å². The predicted molar refractivity (Wildman–Crippen MR) is 148 cm³/mol. The van der Waals surface area contributed by atoms with E-state index in [0.29, 0.717) is 49.6 Å². The largest absolute Gasteiger partial charge is 0.329 e. The van der Waals surface area contributed by atoms with Crippen molar-refractivity contribution in [1.29, 1.82) is 0 Å². The van der Waals surface area contributed by atoms with Crippen LogP contribution in [0.3, 0.4) is 0 Å². The highest BCUT2D eigenvalue weighted by atomic mass is 35.5. The maximum atomic E-state index is 13.8. The molecule has 0 radical (unpaired) electrons. The van der Waals surface area contributed by atoms with Crippen molar-refractivity contribution >= 4 is 51.6 Å². The van der Waals surface area contributed by atoms with Gasteiger partial charge in [-0.1, -0.05) is 78.8 Å². The van der Waals surface area contributed by atoms with Gasteiger partial charge in [-0.3, -0.25) is 14.2 Å². The zero-order chi connectivity index (χ0) is 25.8. The van der Waals surface area contributed by atoms with Crippen LogP contribution in [0.5, 0.6) is 0 Å². The highest BCUT2D eigenvalue weighted by Crippen LogP contribution is 2.29. The van der Waals surface area contributed by atoms with E-state index in [0.717, 1.165) is 19.3 Å². The molecular weight excluding hydrogens is 517 g/mol. The number of hydrogen-bond donors (Lipinski definition) is 0. The second-order valence-corrected chi connectivity index (χ2v) is 9.81. The minimum atomic E-state index is -0.544. The van der Waals surface area contributed by atoms with Crippen molar-refractivity contribution < 1.29 is 4.79 Å². The van der Waals surface area contributed by atoms with Crippen molar-refractivity contribution in [3.63, 3.8) is 0 Å². The molecule has 0 spiro atoms. The van der Waals surface area contributed by atoms with Crippen LogP contribution in [0, 0.1) is 0 Å². The van der Waals surface area contributed by atoms with E-state index in [9.17, 15) is 9.59 Å². The van der Waals surface area contributed by atoms with Gasteiger partial charge in [-0.2, -0.15) is 0 Å². The summed E-state index contributed by atoms with van der Waals surface area (Å²) in [6.45, 7) is 4.47. The van der Waals surface area contributed by atoms with Crippen molar-refractivity contribution in [2.24, 2.45) is 0 Å². The molecule has 36 heavy (non-hydrogen) atoms. The number of nitrogens with zero attached hydrogens (tertiary/aromatic N) is 3. The molecule has 1 unspecified atom stereocenters. The number of unbranched alkanes of at least 4 members (excludes halogenated alkanes) is 2.